The van der Waals surface area contributed by atoms with E-state index in [0.29, 0.717) is 10.8 Å². The largest absolute Gasteiger partial charge is 0.399 e. The molecular formula is C16H15N3O2S2. The SMILES string of the molecule is Cc1ccc(N)cc1-c1ccc(S(=O)(=O)Nc2nccs2)cc1. The number of thiazole rings is 1. The maximum atomic E-state index is 12.3. The van der Waals surface area contributed by atoms with E-state index >= 15 is 0 Å². The molecule has 118 valence electrons. The molecule has 1 heterocycles. The fourth-order valence-electron chi connectivity index (χ4n) is 2.21. The van der Waals surface area contributed by atoms with Crippen LogP contribution in [0.15, 0.2) is 58.9 Å². The van der Waals surface area contributed by atoms with Crippen molar-refractivity contribution in [2.24, 2.45) is 0 Å². The fourth-order valence-corrected chi connectivity index (χ4v) is 4.00. The van der Waals surface area contributed by atoms with Crippen molar-refractivity contribution in [1.82, 2.24) is 4.98 Å². The Labute approximate surface area is 138 Å². The number of aryl methyl sites for hydroxylation is 1. The van der Waals surface area contributed by atoms with Crippen molar-refractivity contribution in [3.63, 3.8) is 0 Å². The lowest BCUT2D eigenvalue weighted by Crippen LogP contribution is -2.12. The van der Waals surface area contributed by atoms with E-state index < -0.39 is 10.0 Å². The molecule has 1 aromatic heterocycles. The molecule has 3 N–H and O–H groups in total. The maximum absolute atomic E-state index is 12.3. The predicted molar refractivity (Wildman–Crippen MR) is 93.9 cm³/mol. The minimum atomic E-state index is -3.63. The second-order valence-electron chi connectivity index (χ2n) is 5.04. The number of nitrogens with zero attached hydrogens (tertiary/aromatic N) is 1. The Hall–Kier alpha value is -2.38. The lowest BCUT2D eigenvalue weighted by Gasteiger charge is -2.09. The van der Waals surface area contributed by atoms with Gasteiger partial charge in [-0.05, 0) is 47.9 Å². The summed E-state index contributed by atoms with van der Waals surface area (Å²) in [5, 5.41) is 2.06. The van der Waals surface area contributed by atoms with Gasteiger partial charge in [0, 0.05) is 17.3 Å². The molecule has 0 unspecified atom stereocenters. The number of hydrogen-bond acceptors (Lipinski definition) is 5. The zero-order valence-corrected chi connectivity index (χ0v) is 14.0. The second-order valence-corrected chi connectivity index (χ2v) is 7.62. The van der Waals surface area contributed by atoms with Crippen LogP contribution >= 0.6 is 11.3 Å². The summed E-state index contributed by atoms with van der Waals surface area (Å²) >= 11 is 1.23. The van der Waals surface area contributed by atoms with Gasteiger partial charge >= 0.3 is 0 Å². The summed E-state index contributed by atoms with van der Waals surface area (Å²) in [4.78, 5) is 4.12. The van der Waals surface area contributed by atoms with Crippen molar-refractivity contribution in [1.29, 1.82) is 0 Å². The molecule has 0 saturated heterocycles. The normalized spacial score (nSPS) is 11.3. The van der Waals surface area contributed by atoms with Crippen molar-refractivity contribution in [3.05, 3.63) is 59.6 Å². The number of sulfonamides is 1. The van der Waals surface area contributed by atoms with Crippen LogP contribution in [0.2, 0.25) is 0 Å². The van der Waals surface area contributed by atoms with E-state index in [1.54, 1.807) is 35.8 Å². The van der Waals surface area contributed by atoms with Crippen LogP contribution in [-0.2, 0) is 10.0 Å². The summed E-state index contributed by atoms with van der Waals surface area (Å²) in [7, 11) is -3.63. The molecule has 0 spiro atoms. The molecule has 0 amide bonds. The number of anilines is 2. The first-order chi connectivity index (χ1) is 11.0. The quantitative estimate of drug-likeness (QED) is 0.709. The number of aromatic nitrogens is 1. The molecule has 23 heavy (non-hydrogen) atoms. The lowest BCUT2D eigenvalue weighted by molar-refractivity contribution is 0.601. The molecular weight excluding hydrogens is 330 g/mol. The summed E-state index contributed by atoms with van der Waals surface area (Å²) < 4.78 is 27.1. The van der Waals surface area contributed by atoms with Gasteiger partial charge in [-0.25, -0.2) is 13.4 Å². The Bertz CT molecular complexity index is 918. The molecule has 0 radical (unpaired) electrons. The first kappa shape index (κ1) is 15.5. The van der Waals surface area contributed by atoms with Gasteiger partial charge < -0.3 is 5.73 Å². The van der Waals surface area contributed by atoms with Crippen molar-refractivity contribution in [3.8, 4) is 11.1 Å². The standard InChI is InChI=1S/C16H15N3O2S2/c1-11-2-5-13(17)10-15(11)12-3-6-14(7-4-12)23(20,21)19-16-18-8-9-22-16/h2-10H,17H2,1H3,(H,18,19). The number of rotatable bonds is 4. The smallest absolute Gasteiger partial charge is 0.263 e. The molecule has 3 rings (SSSR count). The zero-order valence-electron chi connectivity index (χ0n) is 12.4. The molecule has 5 nitrogen and oxygen atoms in total. The van der Waals surface area contributed by atoms with Gasteiger partial charge in [0.2, 0.25) is 0 Å². The van der Waals surface area contributed by atoms with Gasteiger partial charge in [-0.1, -0.05) is 18.2 Å². The third-order valence-corrected chi connectivity index (χ3v) is 5.56. The van der Waals surface area contributed by atoms with Crippen molar-refractivity contribution in [2.75, 3.05) is 10.5 Å². The molecule has 0 saturated carbocycles. The lowest BCUT2D eigenvalue weighted by atomic mass is 10.0. The number of nitrogens with two attached hydrogens (primary N) is 1. The number of hydrogen-bond donors (Lipinski definition) is 2. The summed E-state index contributed by atoms with van der Waals surface area (Å²) in [6, 6.07) is 12.4. The molecule has 0 aliphatic heterocycles. The third kappa shape index (κ3) is 3.35. The molecule has 0 fully saturated rings. The number of nitrogen functional groups attached to an aromatic ring is 1. The van der Waals surface area contributed by atoms with Crippen LogP contribution in [0.5, 0.6) is 0 Å². The molecule has 0 aliphatic rings. The van der Waals surface area contributed by atoms with E-state index in [0.717, 1.165) is 16.7 Å². The molecule has 7 heteroatoms. The van der Waals surface area contributed by atoms with E-state index in [4.69, 9.17) is 5.73 Å². The Kier molecular flexibility index (Phi) is 4.06. The van der Waals surface area contributed by atoms with Gasteiger partial charge in [-0.3, -0.25) is 4.72 Å². The maximum Gasteiger partial charge on any atom is 0.263 e. The Morgan fingerprint density at radius 3 is 2.52 bits per heavy atom. The average Bonchev–Trinajstić information content (AvgIpc) is 3.02. The number of nitrogens with one attached hydrogen (secondary N) is 1. The van der Waals surface area contributed by atoms with E-state index in [1.165, 1.54) is 11.3 Å². The van der Waals surface area contributed by atoms with Gasteiger partial charge in [0.15, 0.2) is 5.13 Å². The first-order valence-electron chi connectivity index (χ1n) is 6.84. The summed E-state index contributed by atoms with van der Waals surface area (Å²) in [6.07, 6.45) is 1.55. The molecule has 0 atom stereocenters. The topological polar surface area (TPSA) is 85.1 Å². The van der Waals surface area contributed by atoms with Crippen molar-refractivity contribution >= 4 is 32.2 Å². The Balaban J connectivity index is 1.91. The van der Waals surface area contributed by atoms with E-state index in [2.05, 4.69) is 9.71 Å². The van der Waals surface area contributed by atoms with Crippen LogP contribution < -0.4 is 10.5 Å². The van der Waals surface area contributed by atoms with E-state index in [-0.39, 0.29) is 4.90 Å². The molecule has 0 bridgehead atoms. The van der Waals surface area contributed by atoms with Crippen LogP contribution in [0.1, 0.15) is 5.56 Å². The van der Waals surface area contributed by atoms with Gasteiger partial charge in [0.25, 0.3) is 10.0 Å². The highest BCUT2D eigenvalue weighted by atomic mass is 32.2. The monoisotopic (exact) mass is 345 g/mol. The molecule has 2 aromatic carbocycles. The van der Waals surface area contributed by atoms with E-state index in [9.17, 15) is 8.42 Å². The Morgan fingerprint density at radius 1 is 1.13 bits per heavy atom. The molecule has 0 aliphatic carbocycles. The fraction of sp³-hybridized carbons (Fsp3) is 0.0625. The highest BCUT2D eigenvalue weighted by Crippen LogP contribution is 2.27. The summed E-state index contributed by atoms with van der Waals surface area (Å²) in [6.45, 7) is 1.99. The average molecular weight is 345 g/mol. The molecule has 3 aromatic rings. The van der Waals surface area contributed by atoms with E-state index in [1.807, 2.05) is 25.1 Å². The number of benzene rings is 2. The van der Waals surface area contributed by atoms with Crippen LogP contribution in [0.25, 0.3) is 11.1 Å². The first-order valence-corrected chi connectivity index (χ1v) is 9.21. The van der Waals surface area contributed by atoms with Crippen LogP contribution in [0, 0.1) is 6.92 Å². The minimum absolute atomic E-state index is 0.193. The van der Waals surface area contributed by atoms with Gasteiger partial charge in [0.05, 0.1) is 4.90 Å². The highest BCUT2D eigenvalue weighted by molar-refractivity contribution is 7.93. The highest BCUT2D eigenvalue weighted by Gasteiger charge is 2.15. The second kappa shape index (κ2) is 6.02. The van der Waals surface area contributed by atoms with Crippen LogP contribution in [-0.4, -0.2) is 13.4 Å². The predicted octanol–water partition coefficient (Wildman–Crippen LogP) is 3.50. The van der Waals surface area contributed by atoms with Crippen LogP contribution in [0.4, 0.5) is 10.8 Å². The third-order valence-electron chi connectivity index (χ3n) is 3.39. The van der Waals surface area contributed by atoms with Gasteiger partial charge in [0.1, 0.15) is 0 Å². The van der Waals surface area contributed by atoms with Crippen LogP contribution in [0.3, 0.4) is 0 Å². The zero-order chi connectivity index (χ0) is 16.4. The van der Waals surface area contributed by atoms with Crippen molar-refractivity contribution in [2.45, 2.75) is 11.8 Å². The van der Waals surface area contributed by atoms with Gasteiger partial charge in [-0.2, -0.15) is 0 Å². The minimum Gasteiger partial charge on any atom is -0.399 e. The summed E-state index contributed by atoms with van der Waals surface area (Å²) in [5.74, 6) is 0. The van der Waals surface area contributed by atoms with Gasteiger partial charge in [-0.15, -0.1) is 11.3 Å². The van der Waals surface area contributed by atoms with Crippen molar-refractivity contribution < 1.29 is 8.42 Å². The summed E-state index contributed by atoms with van der Waals surface area (Å²) in [5.41, 5.74) is 9.49. The Morgan fingerprint density at radius 2 is 1.87 bits per heavy atom.